The largest absolute Gasteiger partial charge is 0.353 e. The molecule has 1 atom stereocenters. The van der Waals surface area contributed by atoms with Crippen LogP contribution in [0.25, 0.3) is 0 Å². The molecule has 3 N–H and O–H groups in total. The van der Waals surface area contributed by atoms with Crippen molar-refractivity contribution >= 4 is 11.8 Å². The molecule has 0 aromatic rings. The highest BCUT2D eigenvalue weighted by Gasteiger charge is 2.25. The number of carbonyl (C=O) groups is 2. The van der Waals surface area contributed by atoms with E-state index in [-0.39, 0.29) is 29.7 Å². The molecule has 5 heteroatoms. The first-order chi connectivity index (χ1) is 8.93. The Morgan fingerprint density at radius 2 is 1.84 bits per heavy atom. The van der Waals surface area contributed by atoms with E-state index in [1.807, 2.05) is 25.7 Å². The van der Waals surface area contributed by atoms with Crippen LogP contribution in [-0.4, -0.2) is 42.4 Å². The Kier molecular flexibility index (Phi) is 6.28. The van der Waals surface area contributed by atoms with Gasteiger partial charge in [0, 0.05) is 31.5 Å². The monoisotopic (exact) mass is 269 g/mol. The number of nitrogens with one attached hydrogen (secondary N) is 1. The summed E-state index contributed by atoms with van der Waals surface area (Å²) in [4.78, 5) is 25.5. The molecule has 0 spiro atoms. The van der Waals surface area contributed by atoms with Gasteiger partial charge in [0.05, 0.1) is 0 Å². The van der Waals surface area contributed by atoms with Crippen molar-refractivity contribution in [1.82, 2.24) is 10.2 Å². The fraction of sp³-hybridized carbons (Fsp3) is 0.857. The van der Waals surface area contributed by atoms with Gasteiger partial charge < -0.3 is 16.0 Å². The standard InChI is InChI=1S/C14H27N3O2/c1-10(2)14(19)17-6-4-12(5-7-17)16-13(18)8-11(3)9-15/h10-12H,4-9,15H2,1-3H3,(H,16,18). The molecular weight excluding hydrogens is 242 g/mol. The van der Waals surface area contributed by atoms with Gasteiger partial charge in [-0.25, -0.2) is 0 Å². The van der Waals surface area contributed by atoms with Gasteiger partial charge in [0.2, 0.25) is 11.8 Å². The third-order valence-electron chi connectivity index (χ3n) is 3.60. The van der Waals surface area contributed by atoms with Crippen molar-refractivity contribution in [2.75, 3.05) is 19.6 Å². The van der Waals surface area contributed by atoms with Gasteiger partial charge in [0.1, 0.15) is 0 Å². The zero-order valence-corrected chi connectivity index (χ0v) is 12.3. The van der Waals surface area contributed by atoms with E-state index in [2.05, 4.69) is 5.32 Å². The third kappa shape index (κ3) is 5.19. The Labute approximate surface area is 115 Å². The second-order valence-corrected chi connectivity index (χ2v) is 5.87. The smallest absolute Gasteiger partial charge is 0.225 e. The topological polar surface area (TPSA) is 75.4 Å². The van der Waals surface area contributed by atoms with Crippen molar-refractivity contribution in [3.63, 3.8) is 0 Å². The number of hydrogen-bond acceptors (Lipinski definition) is 3. The SMILES string of the molecule is CC(CN)CC(=O)NC1CCN(C(=O)C(C)C)CC1. The average Bonchev–Trinajstić information content (AvgIpc) is 2.38. The van der Waals surface area contributed by atoms with Crippen LogP contribution in [-0.2, 0) is 9.59 Å². The van der Waals surface area contributed by atoms with Gasteiger partial charge in [0.15, 0.2) is 0 Å². The summed E-state index contributed by atoms with van der Waals surface area (Å²) in [5.74, 6) is 0.562. The lowest BCUT2D eigenvalue weighted by molar-refractivity contribution is -0.135. The van der Waals surface area contributed by atoms with Crippen LogP contribution in [0.1, 0.15) is 40.0 Å². The first kappa shape index (κ1) is 16.0. The Morgan fingerprint density at radius 1 is 1.26 bits per heavy atom. The van der Waals surface area contributed by atoms with E-state index in [4.69, 9.17) is 5.73 Å². The van der Waals surface area contributed by atoms with Crippen molar-refractivity contribution < 1.29 is 9.59 Å². The zero-order valence-electron chi connectivity index (χ0n) is 12.3. The number of nitrogens with zero attached hydrogens (tertiary/aromatic N) is 1. The summed E-state index contributed by atoms with van der Waals surface area (Å²) in [6, 6.07) is 0.202. The molecule has 0 aromatic carbocycles. The van der Waals surface area contributed by atoms with Gasteiger partial charge in [-0.05, 0) is 25.3 Å². The van der Waals surface area contributed by atoms with Gasteiger partial charge >= 0.3 is 0 Å². The highest BCUT2D eigenvalue weighted by molar-refractivity contribution is 5.78. The third-order valence-corrected chi connectivity index (χ3v) is 3.60. The molecular formula is C14H27N3O2. The van der Waals surface area contributed by atoms with E-state index in [9.17, 15) is 9.59 Å². The molecule has 1 heterocycles. The fourth-order valence-corrected chi connectivity index (χ4v) is 2.30. The molecule has 2 amide bonds. The minimum atomic E-state index is 0.0524. The second kappa shape index (κ2) is 7.48. The maximum Gasteiger partial charge on any atom is 0.225 e. The summed E-state index contributed by atoms with van der Waals surface area (Å²) in [6.07, 6.45) is 2.18. The second-order valence-electron chi connectivity index (χ2n) is 5.87. The number of carbonyl (C=O) groups excluding carboxylic acids is 2. The number of amides is 2. The van der Waals surface area contributed by atoms with Crippen molar-refractivity contribution in [3.8, 4) is 0 Å². The molecule has 1 saturated heterocycles. The minimum Gasteiger partial charge on any atom is -0.353 e. The van der Waals surface area contributed by atoms with Gasteiger partial charge in [-0.3, -0.25) is 9.59 Å². The van der Waals surface area contributed by atoms with Gasteiger partial charge in [-0.1, -0.05) is 20.8 Å². The van der Waals surface area contributed by atoms with Crippen LogP contribution in [0.4, 0.5) is 0 Å². The van der Waals surface area contributed by atoms with E-state index < -0.39 is 0 Å². The minimum absolute atomic E-state index is 0.0524. The Hall–Kier alpha value is -1.10. The maximum atomic E-state index is 11.8. The van der Waals surface area contributed by atoms with Crippen molar-refractivity contribution in [3.05, 3.63) is 0 Å². The highest BCUT2D eigenvalue weighted by Crippen LogP contribution is 2.13. The molecule has 110 valence electrons. The van der Waals surface area contributed by atoms with Gasteiger partial charge in [0.25, 0.3) is 0 Å². The van der Waals surface area contributed by atoms with Gasteiger partial charge in [-0.2, -0.15) is 0 Å². The normalized spacial score (nSPS) is 18.5. The summed E-state index contributed by atoms with van der Waals surface area (Å²) in [5.41, 5.74) is 5.51. The Bertz CT molecular complexity index is 310. The summed E-state index contributed by atoms with van der Waals surface area (Å²) in [6.45, 7) is 7.84. The van der Waals surface area contributed by atoms with Crippen molar-refractivity contribution in [2.24, 2.45) is 17.6 Å². The van der Waals surface area contributed by atoms with E-state index in [1.165, 1.54) is 0 Å². The van der Waals surface area contributed by atoms with Crippen molar-refractivity contribution in [2.45, 2.75) is 46.1 Å². The summed E-state index contributed by atoms with van der Waals surface area (Å²) in [7, 11) is 0. The van der Waals surface area contributed by atoms with Crippen molar-refractivity contribution in [1.29, 1.82) is 0 Å². The van der Waals surface area contributed by atoms with Gasteiger partial charge in [-0.15, -0.1) is 0 Å². The molecule has 1 aliphatic rings. The first-order valence-electron chi connectivity index (χ1n) is 7.22. The zero-order chi connectivity index (χ0) is 14.4. The predicted octanol–water partition coefficient (Wildman–Crippen LogP) is 0.735. The molecule has 0 aliphatic carbocycles. The average molecular weight is 269 g/mol. The predicted molar refractivity (Wildman–Crippen MR) is 75.4 cm³/mol. The van der Waals surface area contributed by atoms with Crippen LogP contribution >= 0.6 is 0 Å². The number of piperidine rings is 1. The van der Waals surface area contributed by atoms with Crippen LogP contribution in [0.15, 0.2) is 0 Å². The summed E-state index contributed by atoms with van der Waals surface area (Å²) in [5, 5.41) is 3.04. The lowest BCUT2D eigenvalue weighted by Crippen LogP contribution is -2.47. The van der Waals surface area contributed by atoms with Crippen LogP contribution in [0.5, 0.6) is 0 Å². The summed E-state index contributed by atoms with van der Waals surface area (Å²) < 4.78 is 0. The number of likely N-dealkylation sites (tertiary alicyclic amines) is 1. The lowest BCUT2D eigenvalue weighted by Gasteiger charge is -2.33. The van der Waals surface area contributed by atoms with E-state index in [1.54, 1.807) is 0 Å². The number of hydrogen-bond donors (Lipinski definition) is 2. The molecule has 5 nitrogen and oxygen atoms in total. The molecule has 0 radical (unpaired) electrons. The molecule has 0 bridgehead atoms. The first-order valence-corrected chi connectivity index (χ1v) is 7.22. The van der Waals surface area contributed by atoms with E-state index in [0.717, 1.165) is 25.9 Å². The molecule has 19 heavy (non-hydrogen) atoms. The van der Waals surface area contributed by atoms with Crippen LogP contribution in [0.2, 0.25) is 0 Å². The molecule has 0 saturated carbocycles. The summed E-state index contributed by atoms with van der Waals surface area (Å²) >= 11 is 0. The molecule has 1 unspecified atom stereocenters. The molecule has 1 fully saturated rings. The maximum absolute atomic E-state index is 11.8. The number of nitrogens with two attached hydrogens (primary N) is 1. The molecule has 1 rings (SSSR count). The van der Waals surface area contributed by atoms with Crippen LogP contribution < -0.4 is 11.1 Å². The molecule has 1 aliphatic heterocycles. The fourth-order valence-electron chi connectivity index (χ4n) is 2.30. The number of rotatable bonds is 5. The highest BCUT2D eigenvalue weighted by atomic mass is 16.2. The molecule has 0 aromatic heterocycles. The quantitative estimate of drug-likeness (QED) is 0.773. The lowest BCUT2D eigenvalue weighted by atomic mass is 10.0. The van der Waals surface area contributed by atoms with Crippen LogP contribution in [0, 0.1) is 11.8 Å². The van der Waals surface area contributed by atoms with E-state index >= 15 is 0 Å². The van der Waals surface area contributed by atoms with E-state index in [0.29, 0.717) is 13.0 Å². The Morgan fingerprint density at radius 3 is 2.32 bits per heavy atom. The van der Waals surface area contributed by atoms with Crippen LogP contribution in [0.3, 0.4) is 0 Å². The Balaban J connectivity index is 2.30.